The van der Waals surface area contributed by atoms with Gasteiger partial charge in [0.1, 0.15) is 17.1 Å². The number of thioether (sulfide) groups is 1. The number of carboxylic acid groups (broad SMARTS) is 1. The molecular formula is C9H12N2O4S. The van der Waals surface area contributed by atoms with Crippen LogP contribution in [0.15, 0.2) is 11.3 Å². The molecule has 0 aliphatic carbocycles. The molecule has 0 bridgehead atoms. The molecule has 2 aliphatic heterocycles. The molecule has 0 aromatic carbocycles. The third kappa shape index (κ3) is 1.51. The summed E-state index contributed by atoms with van der Waals surface area (Å²) in [5.74, 6) is -0.891. The van der Waals surface area contributed by atoms with Gasteiger partial charge in [-0.1, -0.05) is 0 Å². The molecule has 0 unspecified atom stereocenters. The molecule has 0 aromatic rings. The summed E-state index contributed by atoms with van der Waals surface area (Å²) >= 11 is 1.47. The summed E-state index contributed by atoms with van der Waals surface area (Å²) in [7, 11) is 1.49. The van der Waals surface area contributed by atoms with Crippen molar-refractivity contribution in [3.8, 4) is 0 Å². The van der Waals surface area contributed by atoms with E-state index >= 15 is 0 Å². The summed E-state index contributed by atoms with van der Waals surface area (Å²) in [6.07, 6.45) is 0. The fourth-order valence-corrected chi connectivity index (χ4v) is 3.14. The zero-order chi connectivity index (χ0) is 11.9. The van der Waals surface area contributed by atoms with Crippen molar-refractivity contribution in [1.82, 2.24) is 4.90 Å². The van der Waals surface area contributed by atoms with E-state index in [-0.39, 0.29) is 23.6 Å². The van der Waals surface area contributed by atoms with Gasteiger partial charge >= 0.3 is 5.97 Å². The fraction of sp³-hybridized carbons (Fsp3) is 0.556. The minimum Gasteiger partial charge on any atom is -0.477 e. The number of nitrogens with zero attached hydrogens (tertiary/aromatic N) is 1. The number of ether oxygens (including phenoxy) is 1. The van der Waals surface area contributed by atoms with Crippen molar-refractivity contribution in [2.45, 2.75) is 11.4 Å². The van der Waals surface area contributed by atoms with Crippen LogP contribution in [-0.4, -0.2) is 52.8 Å². The summed E-state index contributed by atoms with van der Waals surface area (Å²) < 4.78 is 4.93. The molecule has 88 valence electrons. The first-order chi connectivity index (χ1) is 7.57. The van der Waals surface area contributed by atoms with E-state index in [9.17, 15) is 9.59 Å². The molecular weight excluding hydrogens is 232 g/mol. The Morgan fingerprint density at radius 2 is 2.44 bits per heavy atom. The molecule has 1 amide bonds. The average Bonchev–Trinajstić information content (AvgIpc) is 2.27. The van der Waals surface area contributed by atoms with Crippen molar-refractivity contribution in [3.05, 3.63) is 11.3 Å². The van der Waals surface area contributed by atoms with E-state index in [0.717, 1.165) is 0 Å². The summed E-state index contributed by atoms with van der Waals surface area (Å²) in [5.41, 5.74) is 6.26. The Labute approximate surface area is 96.4 Å². The van der Waals surface area contributed by atoms with E-state index < -0.39 is 12.0 Å². The Morgan fingerprint density at radius 3 is 3.00 bits per heavy atom. The second-order valence-corrected chi connectivity index (χ2v) is 4.73. The number of hydrogen-bond donors (Lipinski definition) is 2. The average molecular weight is 244 g/mol. The largest absolute Gasteiger partial charge is 0.477 e. The van der Waals surface area contributed by atoms with Gasteiger partial charge in [0.15, 0.2) is 0 Å². The van der Waals surface area contributed by atoms with E-state index in [1.165, 1.54) is 23.8 Å². The molecule has 2 rings (SSSR count). The highest BCUT2D eigenvalue weighted by Crippen LogP contribution is 2.39. The maximum atomic E-state index is 11.5. The van der Waals surface area contributed by atoms with Gasteiger partial charge < -0.3 is 15.6 Å². The van der Waals surface area contributed by atoms with E-state index in [0.29, 0.717) is 11.3 Å². The van der Waals surface area contributed by atoms with Gasteiger partial charge in [-0.2, -0.15) is 0 Å². The van der Waals surface area contributed by atoms with Crippen LogP contribution in [0.3, 0.4) is 0 Å². The molecule has 2 heterocycles. The van der Waals surface area contributed by atoms with Crippen LogP contribution in [0, 0.1) is 0 Å². The van der Waals surface area contributed by atoms with Crippen LogP contribution in [0.5, 0.6) is 0 Å². The third-order valence-corrected chi connectivity index (χ3v) is 3.97. The number of fused-ring (bicyclic) bond motifs is 1. The lowest BCUT2D eigenvalue weighted by Gasteiger charge is -2.47. The van der Waals surface area contributed by atoms with Gasteiger partial charge in [-0.15, -0.1) is 11.8 Å². The maximum absolute atomic E-state index is 11.5. The monoisotopic (exact) mass is 244 g/mol. The Kier molecular flexibility index (Phi) is 2.92. The molecule has 1 fully saturated rings. The number of amides is 1. The van der Waals surface area contributed by atoms with Gasteiger partial charge in [0.2, 0.25) is 5.91 Å². The lowest BCUT2D eigenvalue weighted by atomic mass is 10.0. The lowest BCUT2D eigenvalue weighted by molar-refractivity contribution is -0.148. The van der Waals surface area contributed by atoms with Crippen molar-refractivity contribution in [3.63, 3.8) is 0 Å². The quantitative estimate of drug-likeness (QED) is 0.632. The second-order valence-electron chi connectivity index (χ2n) is 3.63. The van der Waals surface area contributed by atoms with E-state index in [1.54, 1.807) is 0 Å². The molecule has 1 saturated heterocycles. The molecule has 2 aliphatic rings. The SMILES string of the molecule is COCC1=C(C(=O)O)N2C(=O)[C@@H](N)[C@@H]2SC1. The number of carboxylic acids is 1. The topological polar surface area (TPSA) is 92.9 Å². The van der Waals surface area contributed by atoms with Gasteiger partial charge in [0, 0.05) is 12.9 Å². The van der Waals surface area contributed by atoms with Crippen molar-refractivity contribution in [2.75, 3.05) is 19.5 Å². The first-order valence-electron chi connectivity index (χ1n) is 4.72. The first kappa shape index (κ1) is 11.4. The summed E-state index contributed by atoms with van der Waals surface area (Å²) in [6.45, 7) is 0.223. The number of nitrogens with two attached hydrogens (primary N) is 1. The van der Waals surface area contributed by atoms with Crippen LogP contribution in [-0.2, 0) is 14.3 Å². The zero-order valence-corrected chi connectivity index (χ0v) is 9.49. The highest BCUT2D eigenvalue weighted by atomic mass is 32.2. The number of rotatable bonds is 3. The third-order valence-electron chi connectivity index (χ3n) is 2.61. The second kappa shape index (κ2) is 4.08. The van der Waals surface area contributed by atoms with Crippen molar-refractivity contribution in [2.24, 2.45) is 5.73 Å². The maximum Gasteiger partial charge on any atom is 0.352 e. The van der Waals surface area contributed by atoms with Crippen LogP contribution in [0.2, 0.25) is 0 Å². The smallest absolute Gasteiger partial charge is 0.352 e. The van der Waals surface area contributed by atoms with Crippen LogP contribution in [0.1, 0.15) is 0 Å². The summed E-state index contributed by atoms with van der Waals surface area (Å²) in [5, 5.41) is 8.87. The van der Waals surface area contributed by atoms with Crippen LogP contribution < -0.4 is 5.73 Å². The molecule has 2 atom stereocenters. The Bertz CT molecular complexity index is 382. The molecule has 16 heavy (non-hydrogen) atoms. The van der Waals surface area contributed by atoms with Gasteiger partial charge in [-0.3, -0.25) is 9.69 Å². The van der Waals surface area contributed by atoms with Crippen molar-refractivity contribution >= 4 is 23.6 Å². The predicted molar refractivity (Wildman–Crippen MR) is 57.6 cm³/mol. The molecule has 0 radical (unpaired) electrons. The van der Waals surface area contributed by atoms with E-state index in [4.69, 9.17) is 15.6 Å². The molecule has 0 saturated carbocycles. The number of carbonyl (C=O) groups excluding carboxylic acids is 1. The van der Waals surface area contributed by atoms with Gasteiger partial charge in [0.25, 0.3) is 0 Å². The summed E-state index contributed by atoms with van der Waals surface area (Å²) in [6, 6.07) is -0.580. The highest BCUT2D eigenvalue weighted by Gasteiger charge is 2.51. The van der Waals surface area contributed by atoms with Gasteiger partial charge in [-0.25, -0.2) is 4.79 Å². The van der Waals surface area contributed by atoms with Crippen molar-refractivity contribution < 1.29 is 19.4 Å². The van der Waals surface area contributed by atoms with E-state index in [2.05, 4.69) is 0 Å². The molecule has 3 N–H and O–H groups in total. The Balaban J connectivity index is 2.34. The fourth-order valence-electron chi connectivity index (χ4n) is 1.87. The van der Waals surface area contributed by atoms with Crippen LogP contribution in [0.25, 0.3) is 0 Å². The van der Waals surface area contributed by atoms with Gasteiger partial charge in [-0.05, 0) is 5.57 Å². The van der Waals surface area contributed by atoms with Gasteiger partial charge in [0.05, 0.1) is 6.61 Å². The number of carbonyl (C=O) groups is 2. The number of hydrogen-bond acceptors (Lipinski definition) is 5. The minimum absolute atomic E-state index is 0.0392. The zero-order valence-electron chi connectivity index (χ0n) is 8.67. The summed E-state index contributed by atoms with van der Waals surface area (Å²) in [4.78, 5) is 23.9. The molecule has 7 heteroatoms. The molecule has 0 spiro atoms. The van der Waals surface area contributed by atoms with E-state index in [1.807, 2.05) is 0 Å². The van der Waals surface area contributed by atoms with Crippen LogP contribution in [0.4, 0.5) is 0 Å². The molecule has 0 aromatic heterocycles. The lowest BCUT2D eigenvalue weighted by Crippen LogP contribution is -2.68. The first-order valence-corrected chi connectivity index (χ1v) is 5.77. The number of β-lactam (4-membered cyclic amide) rings is 1. The predicted octanol–water partition coefficient (Wildman–Crippen LogP) is -0.786. The normalized spacial score (nSPS) is 28.9. The van der Waals surface area contributed by atoms with Crippen LogP contribution >= 0.6 is 11.8 Å². The Hall–Kier alpha value is -1.05. The number of methoxy groups -OCH3 is 1. The minimum atomic E-state index is -1.10. The molecule has 6 nitrogen and oxygen atoms in total. The highest BCUT2D eigenvalue weighted by molar-refractivity contribution is 8.00. The number of aliphatic carboxylic acids is 1. The van der Waals surface area contributed by atoms with Crippen molar-refractivity contribution in [1.29, 1.82) is 0 Å². The Morgan fingerprint density at radius 1 is 1.75 bits per heavy atom. The standard InChI is InChI=1S/C9H12N2O4S/c1-15-2-4-3-16-8-5(10)7(12)11(8)6(4)9(13)14/h5,8H,2-3,10H2,1H3,(H,13,14)/t5-,8+/m1/s1.